The van der Waals surface area contributed by atoms with E-state index < -0.39 is 10.0 Å². The second kappa shape index (κ2) is 5.71. The first-order valence-electron chi connectivity index (χ1n) is 6.23. The molecule has 1 N–H and O–H groups in total. The monoisotopic (exact) mass is 269 g/mol. The Kier molecular flexibility index (Phi) is 4.24. The Morgan fingerprint density at radius 2 is 1.83 bits per heavy atom. The molecule has 2 rings (SSSR count). The molecule has 4 nitrogen and oxygen atoms in total. The summed E-state index contributed by atoms with van der Waals surface area (Å²) in [6.45, 7) is 0.322. The van der Waals surface area contributed by atoms with Crippen LogP contribution in [0, 0.1) is 0 Å². The van der Waals surface area contributed by atoms with E-state index in [9.17, 15) is 8.42 Å². The van der Waals surface area contributed by atoms with Gasteiger partial charge in [-0.05, 0) is 43.4 Å². The molecule has 0 radical (unpaired) electrons. The molecule has 100 valence electrons. The van der Waals surface area contributed by atoms with Gasteiger partial charge in [0, 0.05) is 6.54 Å². The summed E-state index contributed by atoms with van der Waals surface area (Å²) < 4.78 is 30.2. The fourth-order valence-electron chi connectivity index (χ4n) is 2.10. The van der Waals surface area contributed by atoms with Crippen molar-refractivity contribution in [2.45, 2.75) is 38.3 Å². The molecule has 0 bridgehead atoms. The smallest absolute Gasteiger partial charge is 0.209 e. The Balaban J connectivity index is 1.88. The van der Waals surface area contributed by atoms with E-state index in [1.54, 1.807) is 0 Å². The summed E-state index contributed by atoms with van der Waals surface area (Å²) in [6.07, 6.45) is 6.28. The summed E-state index contributed by atoms with van der Waals surface area (Å²) >= 11 is 0. The minimum Gasteiger partial charge on any atom is -0.490 e. The molecule has 0 heterocycles. The van der Waals surface area contributed by atoms with Crippen molar-refractivity contribution in [3.8, 4) is 5.75 Å². The molecule has 0 aromatic heterocycles. The number of ether oxygens (including phenoxy) is 1. The topological polar surface area (TPSA) is 55.4 Å². The maximum atomic E-state index is 11.0. The number of rotatable bonds is 5. The molecule has 1 fully saturated rings. The summed E-state index contributed by atoms with van der Waals surface area (Å²) in [4.78, 5) is 0. The van der Waals surface area contributed by atoms with E-state index in [1.165, 1.54) is 12.8 Å². The van der Waals surface area contributed by atoms with Crippen LogP contribution < -0.4 is 9.46 Å². The van der Waals surface area contributed by atoms with Gasteiger partial charge < -0.3 is 4.74 Å². The molecular formula is C13H19NO3S. The molecule has 1 aromatic carbocycles. The molecule has 0 unspecified atom stereocenters. The predicted molar refractivity (Wildman–Crippen MR) is 71.0 cm³/mol. The molecule has 18 heavy (non-hydrogen) atoms. The predicted octanol–water partition coefficient (Wildman–Crippen LogP) is 2.06. The minimum absolute atomic E-state index is 0.322. The minimum atomic E-state index is -3.13. The van der Waals surface area contributed by atoms with E-state index in [0.29, 0.717) is 12.6 Å². The largest absolute Gasteiger partial charge is 0.490 e. The summed E-state index contributed by atoms with van der Waals surface area (Å²) in [5.41, 5.74) is 0.930. The van der Waals surface area contributed by atoms with Crippen LogP contribution in [0.4, 0.5) is 0 Å². The van der Waals surface area contributed by atoms with Crippen LogP contribution in [-0.4, -0.2) is 20.8 Å². The van der Waals surface area contributed by atoms with Crippen molar-refractivity contribution < 1.29 is 13.2 Å². The van der Waals surface area contributed by atoms with Crippen LogP contribution in [0.1, 0.15) is 31.2 Å². The molecule has 1 aliphatic rings. The van der Waals surface area contributed by atoms with Crippen molar-refractivity contribution in [2.24, 2.45) is 0 Å². The SMILES string of the molecule is CS(=O)(=O)NCc1ccc(OC2CCCC2)cc1. The maximum Gasteiger partial charge on any atom is 0.209 e. The highest BCUT2D eigenvalue weighted by atomic mass is 32.2. The van der Waals surface area contributed by atoms with Crippen molar-refractivity contribution in [3.63, 3.8) is 0 Å². The highest BCUT2D eigenvalue weighted by molar-refractivity contribution is 7.88. The van der Waals surface area contributed by atoms with Gasteiger partial charge in [-0.2, -0.15) is 0 Å². The molecule has 0 aliphatic heterocycles. The van der Waals surface area contributed by atoms with Gasteiger partial charge in [-0.15, -0.1) is 0 Å². The number of nitrogens with one attached hydrogen (secondary N) is 1. The summed E-state index contributed by atoms with van der Waals surface area (Å²) in [5, 5.41) is 0. The second-order valence-electron chi connectivity index (χ2n) is 4.76. The van der Waals surface area contributed by atoms with Crippen LogP contribution in [-0.2, 0) is 16.6 Å². The third-order valence-corrected chi connectivity index (χ3v) is 3.74. The van der Waals surface area contributed by atoms with Gasteiger partial charge in [0.25, 0.3) is 0 Å². The van der Waals surface area contributed by atoms with Gasteiger partial charge in [0.15, 0.2) is 0 Å². The third kappa shape index (κ3) is 4.31. The first-order valence-corrected chi connectivity index (χ1v) is 8.12. The lowest BCUT2D eigenvalue weighted by atomic mass is 10.2. The third-order valence-electron chi connectivity index (χ3n) is 3.07. The van der Waals surface area contributed by atoms with Crippen LogP contribution >= 0.6 is 0 Å². The van der Waals surface area contributed by atoms with Gasteiger partial charge in [-0.1, -0.05) is 12.1 Å². The number of hydrogen-bond donors (Lipinski definition) is 1. The number of sulfonamides is 1. The Morgan fingerprint density at radius 3 is 2.39 bits per heavy atom. The average molecular weight is 269 g/mol. The summed E-state index contributed by atoms with van der Waals surface area (Å²) in [6, 6.07) is 7.58. The fraction of sp³-hybridized carbons (Fsp3) is 0.538. The second-order valence-corrected chi connectivity index (χ2v) is 6.59. The number of benzene rings is 1. The lowest BCUT2D eigenvalue weighted by Crippen LogP contribution is -2.21. The first-order chi connectivity index (χ1) is 8.53. The molecule has 0 saturated heterocycles. The Morgan fingerprint density at radius 1 is 1.22 bits per heavy atom. The molecule has 0 spiro atoms. The van der Waals surface area contributed by atoms with Gasteiger partial charge >= 0.3 is 0 Å². The molecule has 1 aliphatic carbocycles. The van der Waals surface area contributed by atoms with Crippen molar-refractivity contribution in [2.75, 3.05) is 6.26 Å². The lowest BCUT2D eigenvalue weighted by Gasteiger charge is -2.13. The molecule has 0 atom stereocenters. The fourth-order valence-corrected chi connectivity index (χ4v) is 2.53. The van der Waals surface area contributed by atoms with Crippen LogP contribution in [0.5, 0.6) is 5.75 Å². The van der Waals surface area contributed by atoms with Crippen molar-refractivity contribution in [1.82, 2.24) is 4.72 Å². The molecule has 5 heteroatoms. The van der Waals surface area contributed by atoms with Crippen molar-refractivity contribution in [3.05, 3.63) is 29.8 Å². The van der Waals surface area contributed by atoms with Crippen LogP contribution in [0.25, 0.3) is 0 Å². The van der Waals surface area contributed by atoms with Crippen LogP contribution in [0.3, 0.4) is 0 Å². The molecule has 1 saturated carbocycles. The van der Waals surface area contributed by atoms with Crippen LogP contribution in [0.2, 0.25) is 0 Å². The molecular weight excluding hydrogens is 250 g/mol. The zero-order chi connectivity index (χ0) is 13.0. The Bertz CT molecular complexity index is 475. The van der Waals surface area contributed by atoms with Crippen molar-refractivity contribution >= 4 is 10.0 Å². The van der Waals surface area contributed by atoms with Gasteiger partial charge in [-0.3, -0.25) is 0 Å². The summed E-state index contributed by atoms with van der Waals surface area (Å²) in [5.74, 6) is 0.866. The van der Waals surface area contributed by atoms with E-state index in [4.69, 9.17) is 4.74 Å². The quantitative estimate of drug-likeness (QED) is 0.890. The van der Waals surface area contributed by atoms with Gasteiger partial charge in [0.2, 0.25) is 10.0 Å². The summed E-state index contributed by atoms with van der Waals surface area (Å²) in [7, 11) is -3.13. The maximum absolute atomic E-state index is 11.0. The van der Waals surface area contributed by atoms with Gasteiger partial charge in [-0.25, -0.2) is 13.1 Å². The normalized spacial score (nSPS) is 16.9. The lowest BCUT2D eigenvalue weighted by molar-refractivity contribution is 0.210. The highest BCUT2D eigenvalue weighted by Gasteiger charge is 2.16. The zero-order valence-electron chi connectivity index (χ0n) is 10.6. The molecule has 1 aromatic rings. The van der Waals surface area contributed by atoms with E-state index in [2.05, 4.69) is 4.72 Å². The van der Waals surface area contributed by atoms with E-state index in [1.807, 2.05) is 24.3 Å². The Hall–Kier alpha value is -1.07. The standard InChI is InChI=1S/C13H19NO3S/c1-18(15,16)14-10-11-6-8-13(9-7-11)17-12-4-2-3-5-12/h6-9,12,14H,2-5,10H2,1H3. The van der Waals surface area contributed by atoms with E-state index >= 15 is 0 Å². The van der Waals surface area contributed by atoms with Crippen molar-refractivity contribution in [1.29, 1.82) is 0 Å². The van der Waals surface area contributed by atoms with E-state index in [-0.39, 0.29) is 0 Å². The van der Waals surface area contributed by atoms with Crippen LogP contribution in [0.15, 0.2) is 24.3 Å². The van der Waals surface area contributed by atoms with Gasteiger partial charge in [0.05, 0.1) is 12.4 Å². The number of hydrogen-bond acceptors (Lipinski definition) is 3. The average Bonchev–Trinajstić information content (AvgIpc) is 2.80. The zero-order valence-corrected chi connectivity index (χ0v) is 11.4. The molecule has 0 amide bonds. The highest BCUT2D eigenvalue weighted by Crippen LogP contribution is 2.24. The van der Waals surface area contributed by atoms with E-state index in [0.717, 1.165) is 30.4 Å². The Labute approximate surface area is 108 Å². The van der Waals surface area contributed by atoms with Gasteiger partial charge in [0.1, 0.15) is 5.75 Å². The first kappa shape index (κ1) is 13.4.